The zero-order valence-corrected chi connectivity index (χ0v) is 18.7. The first-order chi connectivity index (χ1) is 15.3. The highest BCUT2D eigenvalue weighted by atomic mass is 16.6. The molecule has 3 rings (SSSR count). The molecule has 0 saturated heterocycles. The Bertz CT molecular complexity index is 1070. The predicted molar refractivity (Wildman–Crippen MR) is 120 cm³/mol. The van der Waals surface area contributed by atoms with Crippen molar-refractivity contribution < 1.29 is 28.5 Å². The molecule has 0 fully saturated rings. The first-order valence-corrected chi connectivity index (χ1v) is 10.1. The molecule has 0 aromatic heterocycles. The molecule has 0 saturated carbocycles. The second-order valence-electron chi connectivity index (χ2n) is 7.20. The van der Waals surface area contributed by atoms with Gasteiger partial charge >= 0.3 is 5.97 Å². The molecule has 0 radical (unpaired) electrons. The third kappa shape index (κ3) is 5.26. The number of methoxy groups -OCH3 is 1. The Morgan fingerprint density at radius 2 is 1.97 bits per heavy atom. The Morgan fingerprint density at radius 3 is 2.66 bits per heavy atom. The van der Waals surface area contributed by atoms with Crippen LogP contribution in [0, 0.1) is 0 Å². The average molecular weight is 438 g/mol. The number of carbonyl (C=O) groups excluding carboxylic acids is 2. The highest BCUT2D eigenvalue weighted by Crippen LogP contribution is 2.31. The summed E-state index contributed by atoms with van der Waals surface area (Å²) in [5.74, 6) is 1.03. The molecule has 8 nitrogen and oxygen atoms in total. The highest BCUT2D eigenvalue weighted by Gasteiger charge is 2.25. The van der Waals surface area contributed by atoms with Crippen LogP contribution in [0.3, 0.4) is 0 Å². The molecule has 0 bridgehead atoms. The van der Waals surface area contributed by atoms with Crippen LogP contribution in [0.5, 0.6) is 17.2 Å². The van der Waals surface area contributed by atoms with Gasteiger partial charge in [0.2, 0.25) is 5.90 Å². The molecule has 1 amide bonds. The van der Waals surface area contributed by atoms with E-state index < -0.39 is 12.1 Å². The topological polar surface area (TPSA) is 86.7 Å². The lowest BCUT2D eigenvalue weighted by molar-refractivity contribution is -0.135. The van der Waals surface area contributed by atoms with Gasteiger partial charge in [-0.1, -0.05) is 12.1 Å². The van der Waals surface area contributed by atoms with Gasteiger partial charge in [-0.3, -0.25) is 4.79 Å². The van der Waals surface area contributed by atoms with Gasteiger partial charge < -0.3 is 23.8 Å². The van der Waals surface area contributed by atoms with Crippen LogP contribution in [0.2, 0.25) is 0 Å². The van der Waals surface area contributed by atoms with Crippen LogP contribution < -0.4 is 14.2 Å². The monoisotopic (exact) mass is 438 g/mol. The fourth-order valence-corrected chi connectivity index (χ4v) is 3.03. The molecular weight excluding hydrogens is 412 g/mol. The summed E-state index contributed by atoms with van der Waals surface area (Å²) in [6.45, 7) is 3.94. The van der Waals surface area contributed by atoms with Crippen molar-refractivity contribution in [2.24, 2.45) is 4.99 Å². The number of ether oxygens (including phenoxy) is 4. The zero-order valence-electron chi connectivity index (χ0n) is 18.7. The van der Waals surface area contributed by atoms with E-state index in [0.717, 1.165) is 0 Å². The minimum atomic E-state index is -0.673. The number of hydrogen-bond acceptors (Lipinski definition) is 7. The first kappa shape index (κ1) is 22.9. The molecule has 168 valence electrons. The van der Waals surface area contributed by atoms with Crippen LogP contribution in [0.4, 0.5) is 0 Å². The molecule has 2 aromatic rings. The van der Waals surface area contributed by atoms with Gasteiger partial charge in [0, 0.05) is 19.7 Å². The smallest absolute Gasteiger partial charge is 0.363 e. The van der Waals surface area contributed by atoms with E-state index in [1.807, 2.05) is 6.92 Å². The lowest BCUT2D eigenvalue weighted by atomic mass is 10.1. The number of cyclic esters (lactones) is 1. The van der Waals surface area contributed by atoms with Gasteiger partial charge in [0.05, 0.1) is 13.7 Å². The van der Waals surface area contributed by atoms with Crippen molar-refractivity contribution >= 4 is 23.9 Å². The van der Waals surface area contributed by atoms with Gasteiger partial charge in [-0.15, -0.1) is 0 Å². The van der Waals surface area contributed by atoms with Crippen molar-refractivity contribution in [3.8, 4) is 17.2 Å². The summed E-state index contributed by atoms with van der Waals surface area (Å²) in [6.07, 6.45) is 0.934. The molecule has 0 aliphatic carbocycles. The first-order valence-electron chi connectivity index (χ1n) is 10.1. The van der Waals surface area contributed by atoms with E-state index in [2.05, 4.69) is 4.99 Å². The fourth-order valence-electron chi connectivity index (χ4n) is 3.03. The Hall–Kier alpha value is -3.81. The molecule has 1 aliphatic heterocycles. The molecule has 0 N–H and O–H groups in total. The Labute approximate surface area is 187 Å². The second kappa shape index (κ2) is 10.00. The average Bonchev–Trinajstić information content (AvgIpc) is 3.15. The van der Waals surface area contributed by atoms with Crippen molar-refractivity contribution in [2.75, 3.05) is 27.8 Å². The van der Waals surface area contributed by atoms with E-state index in [-0.39, 0.29) is 17.5 Å². The van der Waals surface area contributed by atoms with Gasteiger partial charge in [-0.2, -0.15) is 0 Å². The number of hydrogen-bond donors (Lipinski definition) is 0. The van der Waals surface area contributed by atoms with Crippen LogP contribution in [0.25, 0.3) is 6.08 Å². The predicted octanol–water partition coefficient (Wildman–Crippen LogP) is 3.29. The normalized spacial score (nSPS) is 15.1. The van der Waals surface area contributed by atoms with E-state index in [9.17, 15) is 9.59 Å². The number of esters is 1. The lowest BCUT2D eigenvalue weighted by Crippen LogP contribution is -2.35. The maximum absolute atomic E-state index is 12.3. The zero-order chi connectivity index (χ0) is 23.3. The maximum Gasteiger partial charge on any atom is 0.363 e. The Kier molecular flexibility index (Phi) is 7.14. The second-order valence-corrected chi connectivity index (χ2v) is 7.20. The molecule has 1 atom stereocenters. The van der Waals surface area contributed by atoms with E-state index in [1.165, 1.54) is 4.90 Å². The Balaban J connectivity index is 1.87. The largest absolute Gasteiger partial charge is 0.497 e. The molecule has 1 unspecified atom stereocenters. The lowest BCUT2D eigenvalue weighted by Gasteiger charge is -2.20. The van der Waals surface area contributed by atoms with Crippen molar-refractivity contribution in [1.82, 2.24) is 4.90 Å². The summed E-state index contributed by atoms with van der Waals surface area (Å²) in [7, 11) is 4.90. The molecule has 32 heavy (non-hydrogen) atoms. The van der Waals surface area contributed by atoms with Crippen LogP contribution in [0.15, 0.2) is 53.2 Å². The quantitative estimate of drug-likeness (QED) is 0.464. The third-order valence-corrected chi connectivity index (χ3v) is 4.60. The van der Waals surface area contributed by atoms with Crippen LogP contribution in [-0.2, 0) is 14.3 Å². The summed E-state index contributed by atoms with van der Waals surface area (Å²) >= 11 is 0. The SMILES string of the molecule is CCOc1cc(C=C2N=C(c3cccc(OC)c3)OC2=O)ccc1OC(C)C(=O)N(C)C. The van der Waals surface area contributed by atoms with Gasteiger partial charge in [0.1, 0.15) is 5.75 Å². The molecule has 2 aromatic carbocycles. The summed E-state index contributed by atoms with van der Waals surface area (Å²) < 4.78 is 22.0. The van der Waals surface area contributed by atoms with Crippen molar-refractivity contribution in [3.63, 3.8) is 0 Å². The van der Waals surface area contributed by atoms with Gasteiger partial charge in [-0.05, 0) is 55.8 Å². The van der Waals surface area contributed by atoms with Gasteiger partial charge in [0.25, 0.3) is 5.91 Å². The standard InChI is InChI=1S/C24H26N2O6/c1-6-30-21-13-16(10-11-20(21)31-15(2)23(27)26(3)4)12-19-24(28)32-22(25-19)17-8-7-9-18(14-17)29-5/h7-15H,6H2,1-5H3. The maximum atomic E-state index is 12.3. The summed E-state index contributed by atoms with van der Waals surface area (Å²) in [4.78, 5) is 30.3. The number of likely N-dealkylation sites (N-methyl/N-ethyl adjacent to an activating group) is 1. The fraction of sp³-hybridized carbons (Fsp3) is 0.292. The molecular formula is C24H26N2O6. The van der Waals surface area contributed by atoms with Gasteiger partial charge in [0.15, 0.2) is 23.3 Å². The summed E-state index contributed by atoms with van der Waals surface area (Å²) in [6, 6.07) is 12.3. The highest BCUT2D eigenvalue weighted by molar-refractivity contribution is 6.13. The van der Waals surface area contributed by atoms with Crippen molar-refractivity contribution in [3.05, 3.63) is 59.3 Å². The van der Waals surface area contributed by atoms with E-state index in [1.54, 1.807) is 76.7 Å². The number of rotatable bonds is 8. The van der Waals surface area contributed by atoms with Crippen LogP contribution >= 0.6 is 0 Å². The molecule has 8 heteroatoms. The Morgan fingerprint density at radius 1 is 1.19 bits per heavy atom. The van der Waals surface area contributed by atoms with E-state index in [0.29, 0.717) is 35.0 Å². The summed E-state index contributed by atoms with van der Waals surface area (Å²) in [5, 5.41) is 0. The minimum Gasteiger partial charge on any atom is -0.497 e. The van der Waals surface area contributed by atoms with Crippen LogP contribution in [0.1, 0.15) is 25.0 Å². The number of amides is 1. The molecule has 1 aliphatic rings. The van der Waals surface area contributed by atoms with E-state index >= 15 is 0 Å². The number of carbonyl (C=O) groups is 2. The van der Waals surface area contributed by atoms with Crippen LogP contribution in [-0.4, -0.2) is 56.6 Å². The minimum absolute atomic E-state index is 0.160. The number of nitrogens with zero attached hydrogens (tertiary/aromatic N) is 2. The van der Waals surface area contributed by atoms with Crippen molar-refractivity contribution in [1.29, 1.82) is 0 Å². The van der Waals surface area contributed by atoms with Crippen molar-refractivity contribution in [2.45, 2.75) is 20.0 Å². The number of aliphatic imine (C=N–C) groups is 1. The molecule has 0 spiro atoms. The third-order valence-electron chi connectivity index (χ3n) is 4.60. The van der Waals surface area contributed by atoms with Gasteiger partial charge in [-0.25, -0.2) is 9.79 Å². The van der Waals surface area contributed by atoms with E-state index in [4.69, 9.17) is 18.9 Å². The molecule has 1 heterocycles. The summed E-state index contributed by atoms with van der Waals surface area (Å²) in [5.41, 5.74) is 1.48. The number of benzene rings is 2.